The van der Waals surface area contributed by atoms with Gasteiger partial charge in [0.2, 0.25) is 0 Å². The van der Waals surface area contributed by atoms with E-state index in [1.54, 1.807) is 0 Å². The van der Waals surface area contributed by atoms with Crippen LogP contribution in [-0.2, 0) is 0 Å². The molecule has 6 heteroatoms. The molecule has 0 unspecified atom stereocenters. The van der Waals surface area contributed by atoms with E-state index in [0.717, 1.165) is 31.3 Å². The van der Waals surface area contributed by atoms with Crippen LogP contribution in [-0.4, -0.2) is 10.2 Å². The zero-order valence-corrected chi connectivity index (χ0v) is 14.6. The standard InChI is InChI=1S/C15H10Br2ClN3/c16-11-4-2-1-3-9(11)13-14(20-21-15(13)19)10-7-8(18)5-6-12(10)17/h1-7H,(H3,19,20,21). The minimum absolute atomic E-state index is 0.448. The Labute approximate surface area is 143 Å². The summed E-state index contributed by atoms with van der Waals surface area (Å²) in [6.07, 6.45) is 0. The third-order valence-corrected chi connectivity index (χ3v) is 4.75. The van der Waals surface area contributed by atoms with Gasteiger partial charge in [0.05, 0.1) is 11.3 Å². The summed E-state index contributed by atoms with van der Waals surface area (Å²) in [4.78, 5) is 0. The lowest BCUT2D eigenvalue weighted by Gasteiger charge is -2.09. The van der Waals surface area contributed by atoms with Gasteiger partial charge in [0, 0.05) is 25.1 Å². The van der Waals surface area contributed by atoms with E-state index in [9.17, 15) is 0 Å². The number of hydrogen-bond donors (Lipinski definition) is 2. The molecule has 2 aromatic carbocycles. The Hall–Kier alpha value is -1.30. The van der Waals surface area contributed by atoms with Crippen molar-refractivity contribution in [1.82, 2.24) is 10.2 Å². The Balaban J connectivity index is 2.27. The number of aromatic amines is 1. The molecule has 3 aromatic rings. The molecule has 3 nitrogen and oxygen atoms in total. The molecule has 21 heavy (non-hydrogen) atoms. The van der Waals surface area contributed by atoms with Crippen molar-refractivity contribution in [1.29, 1.82) is 0 Å². The van der Waals surface area contributed by atoms with E-state index in [1.165, 1.54) is 0 Å². The highest BCUT2D eigenvalue weighted by atomic mass is 79.9. The first-order valence-electron chi connectivity index (χ1n) is 6.12. The molecule has 3 N–H and O–H groups in total. The summed E-state index contributed by atoms with van der Waals surface area (Å²) in [6.45, 7) is 0. The lowest BCUT2D eigenvalue weighted by molar-refractivity contribution is 1.10. The molecule has 1 aromatic heterocycles. The fourth-order valence-corrected chi connectivity index (χ4v) is 3.28. The van der Waals surface area contributed by atoms with Crippen LogP contribution in [0, 0.1) is 0 Å². The van der Waals surface area contributed by atoms with Gasteiger partial charge in [0.15, 0.2) is 5.82 Å². The van der Waals surface area contributed by atoms with E-state index < -0.39 is 0 Å². The number of nitrogens with two attached hydrogens (primary N) is 1. The van der Waals surface area contributed by atoms with Crippen molar-refractivity contribution in [2.24, 2.45) is 0 Å². The van der Waals surface area contributed by atoms with Gasteiger partial charge >= 0.3 is 0 Å². The first kappa shape index (κ1) is 14.6. The minimum atomic E-state index is 0.448. The van der Waals surface area contributed by atoms with Crippen LogP contribution >= 0.6 is 43.5 Å². The zero-order chi connectivity index (χ0) is 15.0. The number of halogens is 3. The van der Waals surface area contributed by atoms with Crippen LogP contribution in [0.2, 0.25) is 5.02 Å². The first-order valence-corrected chi connectivity index (χ1v) is 8.08. The number of nitrogens with one attached hydrogen (secondary N) is 1. The summed E-state index contributed by atoms with van der Waals surface area (Å²) in [5.41, 5.74) is 9.63. The molecule has 0 saturated carbocycles. The van der Waals surface area contributed by atoms with E-state index in [1.807, 2.05) is 42.5 Å². The summed E-state index contributed by atoms with van der Waals surface area (Å²) in [7, 11) is 0. The molecule has 0 aliphatic heterocycles. The Morgan fingerprint density at radius 1 is 1.00 bits per heavy atom. The van der Waals surface area contributed by atoms with Gasteiger partial charge in [0.1, 0.15) is 0 Å². The molecular formula is C15H10Br2ClN3. The molecule has 0 aliphatic carbocycles. The van der Waals surface area contributed by atoms with Crippen molar-refractivity contribution < 1.29 is 0 Å². The summed E-state index contributed by atoms with van der Waals surface area (Å²) in [5, 5.41) is 7.80. The lowest BCUT2D eigenvalue weighted by Crippen LogP contribution is -1.90. The number of benzene rings is 2. The molecule has 3 rings (SSSR count). The van der Waals surface area contributed by atoms with Gasteiger partial charge in [0.25, 0.3) is 0 Å². The van der Waals surface area contributed by atoms with E-state index in [4.69, 9.17) is 17.3 Å². The van der Waals surface area contributed by atoms with Crippen molar-refractivity contribution in [3.05, 3.63) is 56.4 Å². The number of aromatic nitrogens is 2. The fourth-order valence-electron chi connectivity index (χ4n) is 2.18. The normalized spacial score (nSPS) is 10.8. The highest BCUT2D eigenvalue weighted by Crippen LogP contribution is 2.41. The largest absolute Gasteiger partial charge is 0.382 e. The highest BCUT2D eigenvalue weighted by molar-refractivity contribution is 9.11. The molecule has 1 heterocycles. The number of rotatable bonds is 2. The molecule has 0 aliphatic rings. The maximum absolute atomic E-state index is 6.11. The molecule has 0 bridgehead atoms. The Morgan fingerprint density at radius 2 is 1.71 bits per heavy atom. The quantitative estimate of drug-likeness (QED) is 0.567. The van der Waals surface area contributed by atoms with Crippen molar-refractivity contribution in [2.45, 2.75) is 0 Å². The number of nitrogens with zero attached hydrogens (tertiary/aromatic N) is 1. The first-order chi connectivity index (χ1) is 10.1. The third kappa shape index (κ3) is 2.73. The predicted molar refractivity (Wildman–Crippen MR) is 94.3 cm³/mol. The summed E-state index contributed by atoms with van der Waals surface area (Å²) in [5.74, 6) is 0.448. The van der Waals surface area contributed by atoms with E-state index in [-0.39, 0.29) is 0 Å². The maximum Gasteiger partial charge on any atom is 0.153 e. The highest BCUT2D eigenvalue weighted by Gasteiger charge is 2.18. The van der Waals surface area contributed by atoms with Crippen molar-refractivity contribution in [3.63, 3.8) is 0 Å². The third-order valence-electron chi connectivity index (χ3n) is 3.14. The topological polar surface area (TPSA) is 54.7 Å². The van der Waals surface area contributed by atoms with Crippen molar-refractivity contribution >= 4 is 49.3 Å². The van der Waals surface area contributed by atoms with Gasteiger partial charge in [-0.15, -0.1) is 0 Å². The van der Waals surface area contributed by atoms with Crippen LogP contribution in [0.1, 0.15) is 0 Å². The second kappa shape index (κ2) is 5.83. The molecule has 0 fully saturated rings. The van der Waals surface area contributed by atoms with Crippen molar-refractivity contribution in [2.75, 3.05) is 5.73 Å². The van der Waals surface area contributed by atoms with Gasteiger partial charge in [-0.1, -0.05) is 61.7 Å². The van der Waals surface area contributed by atoms with Crippen LogP contribution in [0.15, 0.2) is 51.4 Å². The Kier molecular flexibility index (Phi) is 4.06. The molecule has 0 atom stereocenters. The van der Waals surface area contributed by atoms with E-state index in [0.29, 0.717) is 10.8 Å². The average molecular weight is 428 g/mol. The predicted octanol–water partition coefficient (Wildman–Crippen LogP) is 5.50. The maximum atomic E-state index is 6.11. The molecule has 0 radical (unpaired) electrons. The number of hydrogen-bond acceptors (Lipinski definition) is 2. The van der Waals surface area contributed by atoms with Gasteiger partial charge < -0.3 is 5.73 Å². The van der Waals surface area contributed by atoms with Crippen LogP contribution in [0.4, 0.5) is 5.82 Å². The average Bonchev–Trinajstić information content (AvgIpc) is 2.84. The number of H-pyrrole nitrogens is 1. The summed E-state index contributed by atoms with van der Waals surface area (Å²) < 4.78 is 1.88. The monoisotopic (exact) mass is 425 g/mol. The Morgan fingerprint density at radius 3 is 2.48 bits per heavy atom. The minimum Gasteiger partial charge on any atom is -0.382 e. The van der Waals surface area contributed by atoms with Crippen LogP contribution in [0.3, 0.4) is 0 Å². The molecular weight excluding hydrogens is 417 g/mol. The molecule has 0 saturated heterocycles. The van der Waals surface area contributed by atoms with Gasteiger partial charge in [-0.25, -0.2) is 0 Å². The van der Waals surface area contributed by atoms with Gasteiger partial charge in [-0.3, -0.25) is 5.10 Å². The van der Waals surface area contributed by atoms with Gasteiger partial charge in [-0.05, 0) is 24.3 Å². The molecule has 0 spiro atoms. The van der Waals surface area contributed by atoms with E-state index >= 15 is 0 Å². The number of nitrogen functional groups attached to an aromatic ring is 1. The molecule has 106 valence electrons. The smallest absolute Gasteiger partial charge is 0.153 e. The lowest BCUT2D eigenvalue weighted by atomic mass is 10.0. The SMILES string of the molecule is Nc1n[nH]c(-c2cc(Cl)ccc2Br)c1-c1ccccc1Br. The summed E-state index contributed by atoms with van der Waals surface area (Å²) in [6, 6.07) is 13.5. The van der Waals surface area contributed by atoms with Gasteiger partial charge in [-0.2, -0.15) is 5.10 Å². The second-order valence-corrected chi connectivity index (χ2v) is 6.61. The summed E-state index contributed by atoms with van der Waals surface area (Å²) >= 11 is 13.2. The van der Waals surface area contributed by atoms with Crippen LogP contribution in [0.25, 0.3) is 22.4 Å². The zero-order valence-electron chi connectivity index (χ0n) is 10.7. The fraction of sp³-hybridized carbons (Fsp3) is 0. The van der Waals surface area contributed by atoms with Crippen LogP contribution in [0.5, 0.6) is 0 Å². The van der Waals surface area contributed by atoms with E-state index in [2.05, 4.69) is 42.1 Å². The molecule has 0 amide bonds. The van der Waals surface area contributed by atoms with Crippen LogP contribution < -0.4 is 5.73 Å². The Bertz CT molecular complexity index is 814. The second-order valence-electron chi connectivity index (χ2n) is 4.46. The number of anilines is 1. The van der Waals surface area contributed by atoms with Crippen molar-refractivity contribution in [3.8, 4) is 22.4 Å².